The van der Waals surface area contributed by atoms with Crippen molar-refractivity contribution >= 4 is 29.9 Å². The molecule has 2 N–H and O–H groups in total. The summed E-state index contributed by atoms with van der Waals surface area (Å²) in [6.07, 6.45) is 2.55. The smallest absolute Gasteiger partial charge is 0.191 e. The van der Waals surface area contributed by atoms with Crippen LogP contribution in [0.2, 0.25) is 0 Å². The highest BCUT2D eigenvalue weighted by Crippen LogP contribution is 2.09. The fourth-order valence-corrected chi connectivity index (χ4v) is 1.74. The molecular formula is C15H24F2IN3. The van der Waals surface area contributed by atoms with Crippen molar-refractivity contribution in [3.05, 3.63) is 35.4 Å². The zero-order valence-electron chi connectivity index (χ0n) is 12.6. The minimum atomic E-state index is -0.412. The second-order valence-corrected chi connectivity index (χ2v) is 4.53. The Hall–Kier alpha value is -0.920. The Morgan fingerprint density at radius 1 is 1.19 bits per heavy atom. The molecule has 0 saturated heterocycles. The van der Waals surface area contributed by atoms with Gasteiger partial charge in [-0.3, -0.25) is 4.99 Å². The third-order valence-electron chi connectivity index (χ3n) is 2.82. The first-order valence-electron chi connectivity index (χ1n) is 7.13. The minimum absolute atomic E-state index is 0. The number of halogens is 3. The third-order valence-corrected chi connectivity index (χ3v) is 2.82. The number of nitrogens with zero attached hydrogens (tertiary/aromatic N) is 1. The van der Waals surface area contributed by atoms with Gasteiger partial charge in [0.05, 0.1) is 0 Å². The van der Waals surface area contributed by atoms with E-state index in [4.69, 9.17) is 0 Å². The Labute approximate surface area is 142 Å². The lowest BCUT2D eigenvalue weighted by Gasteiger charge is -2.11. The zero-order chi connectivity index (χ0) is 14.8. The minimum Gasteiger partial charge on any atom is -0.357 e. The quantitative estimate of drug-likeness (QED) is 0.312. The molecule has 0 bridgehead atoms. The topological polar surface area (TPSA) is 36.4 Å². The van der Waals surface area contributed by atoms with Crippen molar-refractivity contribution in [3.63, 3.8) is 0 Å². The molecule has 0 aliphatic rings. The Balaban J connectivity index is 0.00000400. The number of hydrogen-bond acceptors (Lipinski definition) is 1. The molecule has 0 amide bonds. The monoisotopic (exact) mass is 411 g/mol. The summed E-state index contributed by atoms with van der Waals surface area (Å²) in [7, 11) is 0. The number of hydrogen-bond donors (Lipinski definition) is 2. The van der Waals surface area contributed by atoms with E-state index < -0.39 is 5.82 Å². The first kappa shape index (κ1) is 20.1. The van der Waals surface area contributed by atoms with Gasteiger partial charge in [0.15, 0.2) is 5.96 Å². The van der Waals surface area contributed by atoms with E-state index in [9.17, 15) is 8.78 Å². The maximum Gasteiger partial charge on any atom is 0.191 e. The van der Waals surface area contributed by atoms with Crippen LogP contribution in [0, 0.1) is 11.6 Å². The molecule has 0 aliphatic carbocycles. The summed E-state index contributed by atoms with van der Waals surface area (Å²) in [4.78, 5) is 4.40. The average molecular weight is 411 g/mol. The van der Waals surface area contributed by atoms with Crippen LogP contribution in [0.25, 0.3) is 0 Å². The summed E-state index contributed by atoms with van der Waals surface area (Å²) in [5.41, 5.74) is 0.377. The van der Waals surface area contributed by atoms with Crippen molar-refractivity contribution in [1.82, 2.24) is 10.6 Å². The van der Waals surface area contributed by atoms with Crippen molar-refractivity contribution in [2.45, 2.75) is 33.1 Å². The van der Waals surface area contributed by atoms with Gasteiger partial charge in [0.1, 0.15) is 11.6 Å². The van der Waals surface area contributed by atoms with Gasteiger partial charge >= 0.3 is 0 Å². The maximum absolute atomic E-state index is 13.5. The van der Waals surface area contributed by atoms with E-state index in [-0.39, 0.29) is 29.8 Å². The Bertz CT molecular complexity index is 439. The van der Waals surface area contributed by atoms with E-state index in [1.807, 2.05) is 6.92 Å². The van der Waals surface area contributed by atoms with Gasteiger partial charge in [-0.25, -0.2) is 8.78 Å². The van der Waals surface area contributed by atoms with Gasteiger partial charge in [-0.15, -0.1) is 24.0 Å². The van der Waals surface area contributed by atoms with Crippen LogP contribution >= 0.6 is 24.0 Å². The van der Waals surface area contributed by atoms with Gasteiger partial charge in [0, 0.05) is 19.6 Å². The molecule has 0 spiro atoms. The van der Waals surface area contributed by atoms with Crippen molar-refractivity contribution in [3.8, 4) is 0 Å². The molecule has 1 aromatic rings. The molecule has 0 fully saturated rings. The van der Waals surface area contributed by atoms with Crippen LogP contribution in [0.1, 0.15) is 32.3 Å². The van der Waals surface area contributed by atoms with Crippen LogP contribution in [0.5, 0.6) is 0 Å². The lowest BCUT2D eigenvalue weighted by atomic mass is 10.1. The van der Waals surface area contributed by atoms with Gasteiger partial charge in [-0.05, 0) is 43.5 Å². The molecule has 0 atom stereocenters. The zero-order valence-corrected chi connectivity index (χ0v) is 14.9. The van der Waals surface area contributed by atoms with E-state index in [2.05, 4.69) is 22.5 Å². The molecular weight excluding hydrogens is 387 g/mol. The van der Waals surface area contributed by atoms with Crippen LogP contribution < -0.4 is 10.6 Å². The van der Waals surface area contributed by atoms with Crippen molar-refractivity contribution in [2.75, 3.05) is 19.6 Å². The molecule has 0 radical (unpaired) electrons. The van der Waals surface area contributed by atoms with E-state index in [1.165, 1.54) is 6.07 Å². The molecule has 0 aromatic heterocycles. The standard InChI is InChI=1S/C15H23F2N3.HI/c1-3-5-9-19-15(18-4-2)20-10-8-12-11-13(16)6-7-14(12)17;/h6-7,11H,3-5,8-10H2,1-2H3,(H2,18,19,20);1H. The summed E-state index contributed by atoms with van der Waals surface area (Å²) in [5.74, 6) is -0.0659. The van der Waals surface area contributed by atoms with Gasteiger partial charge < -0.3 is 10.6 Å². The summed E-state index contributed by atoms with van der Waals surface area (Å²) in [6.45, 7) is 6.15. The van der Waals surface area contributed by atoms with Crippen molar-refractivity contribution in [2.24, 2.45) is 4.99 Å². The molecule has 0 heterocycles. The Morgan fingerprint density at radius 2 is 1.95 bits per heavy atom. The fourth-order valence-electron chi connectivity index (χ4n) is 1.74. The number of unbranched alkanes of at least 4 members (excludes halogenated alkanes) is 1. The highest BCUT2D eigenvalue weighted by Gasteiger charge is 2.04. The van der Waals surface area contributed by atoms with Crippen LogP contribution in [-0.2, 0) is 6.42 Å². The molecule has 3 nitrogen and oxygen atoms in total. The van der Waals surface area contributed by atoms with E-state index in [0.717, 1.165) is 44.0 Å². The van der Waals surface area contributed by atoms with E-state index in [0.29, 0.717) is 18.5 Å². The molecule has 6 heteroatoms. The van der Waals surface area contributed by atoms with Crippen molar-refractivity contribution in [1.29, 1.82) is 0 Å². The second kappa shape index (κ2) is 11.7. The third kappa shape index (κ3) is 8.18. The fraction of sp³-hybridized carbons (Fsp3) is 0.533. The number of guanidine groups is 1. The van der Waals surface area contributed by atoms with Crippen LogP contribution in [-0.4, -0.2) is 25.6 Å². The van der Waals surface area contributed by atoms with Crippen LogP contribution in [0.4, 0.5) is 8.78 Å². The van der Waals surface area contributed by atoms with Crippen LogP contribution in [0.15, 0.2) is 23.2 Å². The molecule has 0 aliphatic heterocycles. The molecule has 1 aromatic carbocycles. The average Bonchev–Trinajstić information content (AvgIpc) is 2.43. The summed E-state index contributed by atoms with van der Waals surface area (Å²) in [6, 6.07) is 3.52. The lowest BCUT2D eigenvalue weighted by molar-refractivity contribution is 0.583. The van der Waals surface area contributed by atoms with Gasteiger partial charge in [0.2, 0.25) is 0 Å². The maximum atomic E-state index is 13.5. The van der Waals surface area contributed by atoms with Crippen molar-refractivity contribution < 1.29 is 8.78 Å². The SMILES string of the molecule is CCCCN=C(NCC)NCCc1cc(F)ccc1F.I. The molecule has 1 rings (SSSR count). The summed E-state index contributed by atoms with van der Waals surface area (Å²) >= 11 is 0. The highest BCUT2D eigenvalue weighted by molar-refractivity contribution is 14.0. The second-order valence-electron chi connectivity index (χ2n) is 4.53. The normalized spacial score (nSPS) is 11.0. The highest BCUT2D eigenvalue weighted by atomic mass is 127. The largest absolute Gasteiger partial charge is 0.357 e. The number of aliphatic imine (C=N–C) groups is 1. The Morgan fingerprint density at radius 3 is 2.62 bits per heavy atom. The Kier molecular flexibility index (Phi) is 11.2. The predicted octanol–water partition coefficient (Wildman–Crippen LogP) is 3.48. The first-order valence-corrected chi connectivity index (χ1v) is 7.13. The first-order chi connectivity index (χ1) is 9.67. The number of nitrogens with one attached hydrogen (secondary N) is 2. The lowest BCUT2D eigenvalue weighted by Crippen LogP contribution is -2.38. The van der Waals surface area contributed by atoms with E-state index in [1.54, 1.807) is 0 Å². The van der Waals surface area contributed by atoms with Crippen LogP contribution in [0.3, 0.4) is 0 Å². The molecule has 21 heavy (non-hydrogen) atoms. The molecule has 0 saturated carbocycles. The van der Waals surface area contributed by atoms with Gasteiger partial charge in [-0.1, -0.05) is 13.3 Å². The summed E-state index contributed by atoms with van der Waals surface area (Å²) in [5, 5.41) is 6.25. The summed E-state index contributed by atoms with van der Waals surface area (Å²) < 4.78 is 26.5. The number of benzene rings is 1. The van der Waals surface area contributed by atoms with Gasteiger partial charge in [0.25, 0.3) is 0 Å². The molecule has 0 unspecified atom stereocenters. The van der Waals surface area contributed by atoms with E-state index >= 15 is 0 Å². The number of rotatable bonds is 7. The molecule has 120 valence electrons. The predicted molar refractivity (Wildman–Crippen MR) is 94.4 cm³/mol. The van der Waals surface area contributed by atoms with Gasteiger partial charge in [-0.2, -0.15) is 0 Å².